The van der Waals surface area contributed by atoms with Crippen LogP contribution in [0.3, 0.4) is 0 Å². The molecule has 5 heteroatoms. The molecule has 0 saturated carbocycles. The monoisotopic (exact) mass is 433 g/mol. The van der Waals surface area contributed by atoms with Crippen molar-refractivity contribution in [2.45, 2.75) is 31.7 Å². The lowest BCUT2D eigenvalue weighted by atomic mass is 9.88. The van der Waals surface area contributed by atoms with Crippen LogP contribution >= 0.6 is 0 Å². The van der Waals surface area contributed by atoms with Gasteiger partial charge in [-0.3, -0.25) is 9.69 Å². The van der Waals surface area contributed by atoms with Crippen LogP contribution in [0, 0.1) is 5.82 Å². The average Bonchev–Trinajstić information content (AvgIpc) is 2.81. The van der Waals surface area contributed by atoms with Gasteiger partial charge in [-0.25, -0.2) is 4.39 Å². The number of aliphatic carboxylic acids is 1. The summed E-state index contributed by atoms with van der Waals surface area (Å²) in [5.41, 5.74) is 4.55. The number of hydrogen-bond donors (Lipinski definition) is 1. The van der Waals surface area contributed by atoms with Gasteiger partial charge >= 0.3 is 5.97 Å². The SMILES string of the molecule is O=C(O)CCc1ccc(OCCCN2CCc3ccccc3C2c2cccc(F)c2)cc1. The summed E-state index contributed by atoms with van der Waals surface area (Å²) in [6.45, 7) is 2.37. The zero-order valence-electron chi connectivity index (χ0n) is 18.0. The summed E-state index contributed by atoms with van der Waals surface area (Å²) in [6.07, 6.45) is 2.49. The third kappa shape index (κ3) is 5.54. The van der Waals surface area contributed by atoms with E-state index in [1.165, 1.54) is 17.2 Å². The predicted octanol–water partition coefficient (Wildman–Crippen LogP) is 5.26. The van der Waals surface area contributed by atoms with Crippen molar-refractivity contribution in [1.82, 2.24) is 4.90 Å². The van der Waals surface area contributed by atoms with Crippen LogP contribution in [-0.2, 0) is 17.6 Å². The summed E-state index contributed by atoms with van der Waals surface area (Å²) < 4.78 is 19.9. The van der Waals surface area contributed by atoms with E-state index in [1.807, 2.05) is 30.3 Å². The number of halogens is 1. The highest BCUT2D eigenvalue weighted by molar-refractivity contribution is 5.67. The van der Waals surface area contributed by atoms with E-state index in [2.05, 4.69) is 29.2 Å². The summed E-state index contributed by atoms with van der Waals surface area (Å²) >= 11 is 0. The van der Waals surface area contributed by atoms with Crippen LogP contribution in [0.1, 0.15) is 41.1 Å². The first-order chi connectivity index (χ1) is 15.6. The van der Waals surface area contributed by atoms with Crippen molar-refractivity contribution in [3.8, 4) is 5.75 Å². The molecule has 1 unspecified atom stereocenters. The maximum absolute atomic E-state index is 14.0. The van der Waals surface area contributed by atoms with Gasteiger partial charge in [0.25, 0.3) is 0 Å². The van der Waals surface area contributed by atoms with E-state index >= 15 is 0 Å². The molecule has 4 nitrogen and oxygen atoms in total. The molecule has 166 valence electrons. The molecule has 0 bridgehead atoms. The normalized spacial score (nSPS) is 15.8. The van der Waals surface area contributed by atoms with Crippen LogP contribution < -0.4 is 4.74 Å². The minimum atomic E-state index is -0.790. The number of aryl methyl sites for hydroxylation is 1. The Bertz CT molecular complexity index is 1050. The molecule has 0 spiro atoms. The second kappa shape index (κ2) is 10.4. The molecule has 0 fully saturated rings. The fraction of sp³-hybridized carbons (Fsp3) is 0.296. The molecule has 1 heterocycles. The van der Waals surface area contributed by atoms with E-state index in [4.69, 9.17) is 9.84 Å². The van der Waals surface area contributed by atoms with E-state index in [0.717, 1.165) is 42.8 Å². The van der Waals surface area contributed by atoms with Crippen molar-refractivity contribution in [1.29, 1.82) is 0 Å². The molecule has 1 atom stereocenters. The van der Waals surface area contributed by atoms with Crippen LogP contribution in [0.4, 0.5) is 4.39 Å². The van der Waals surface area contributed by atoms with Crippen molar-refractivity contribution < 1.29 is 19.0 Å². The Labute approximate surface area is 188 Å². The Morgan fingerprint density at radius 2 is 1.88 bits per heavy atom. The lowest BCUT2D eigenvalue weighted by Crippen LogP contribution is -2.37. The highest BCUT2D eigenvalue weighted by Gasteiger charge is 2.28. The number of fused-ring (bicyclic) bond motifs is 1. The van der Waals surface area contributed by atoms with Gasteiger partial charge < -0.3 is 9.84 Å². The third-order valence-electron chi connectivity index (χ3n) is 5.96. The highest BCUT2D eigenvalue weighted by atomic mass is 19.1. The van der Waals surface area contributed by atoms with Gasteiger partial charge in [0.2, 0.25) is 0 Å². The first-order valence-electron chi connectivity index (χ1n) is 11.1. The number of carboxylic acid groups (broad SMARTS) is 1. The van der Waals surface area contributed by atoms with Crippen LogP contribution in [-0.4, -0.2) is 35.7 Å². The van der Waals surface area contributed by atoms with E-state index in [9.17, 15) is 9.18 Å². The molecule has 3 aromatic rings. The number of hydrogen-bond acceptors (Lipinski definition) is 3. The highest BCUT2D eigenvalue weighted by Crippen LogP contribution is 2.35. The number of ether oxygens (including phenoxy) is 1. The topological polar surface area (TPSA) is 49.8 Å². The molecule has 32 heavy (non-hydrogen) atoms. The molecule has 0 aliphatic carbocycles. The Hall–Kier alpha value is -3.18. The van der Waals surface area contributed by atoms with Crippen LogP contribution in [0.15, 0.2) is 72.8 Å². The summed E-state index contributed by atoms with van der Waals surface area (Å²) in [4.78, 5) is 13.1. The second-order valence-electron chi connectivity index (χ2n) is 8.18. The van der Waals surface area contributed by atoms with Gasteiger partial charge in [-0.1, -0.05) is 48.5 Å². The Morgan fingerprint density at radius 3 is 2.66 bits per heavy atom. The molecular formula is C27H28FNO3. The van der Waals surface area contributed by atoms with Crippen LogP contribution in [0.2, 0.25) is 0 Å². The number of carboxylic acids is 1. The van der Waals surface area contributed by atoms with Crippen molar-refractivity contribution in [3.63, 3.8) is 0 Å². The molecule has 1 N–H and O–H groups in total. The lowest BCUT2D eigenvalue weighted by Gasteiger charge is -2.37. The van der Waals surface area contributed by atoms with Gasteiger partial charge in [-0.05, 0) is 65.8 Å². The summed E-state index contributed by atoms with van der Waals surface area (Å²) in [7, 11) is 0. The van der Waals surface area contributed by atoms with Crippen LogP contribution in [0.25, 0.3) is 0 Å². The van der Waals surface area contributed by atoms with Gasteiger partial charge in [0.1, 0.15) is 11.6 Å². The van der Waals surface area contributed by atoms with E-state index in [-0.39, 0.29) is 18.3 Å². The van der Waals surface area contributed by atoms with E-state index in [0.29, 0.717) is 13.0 Å². The van der Waals surface area contributed by atoms with Crippen LogP contribution in [0.5, 0.6) is 5.75 Å². The molecule has 1 aliphatic heterocycles. The maximum atomic E-state index is 14.0. The molecule has 0 radical (unpaired) electrons. The van der Waals surface area contributed by atoms with E-state index < -0.39 is 5.97 Å². The first-order valence-corrected chi connectivity index (χ1v) is 11.1. The summed E-state index contributed by atoms with van der Waals surface area (Å²) in [5.74, 6) is -0.211. The molecule has 0 aromatic heterocycles. The minimum absolute atomic E-state index is 0.0455. The zero-order chi connectivity index (χ0) is 22.3. The Morgan fingerprint density at radius 1 is 1.06 bits per heavy atom. The number of rotatable bonds is 9. The Kier molecular flexibility index (Phi) is 7.17. The summed E-state index contributed by atoms with van der Waals surface area (Å²) in [5, 5.41) is 8.79. The smallest absolute Gasteiger partial charge is 0.303 e. The zero-order valence-corrected chi connectivity index (χ0v) is 18.0. The Balaban J connectivity index is 1.36. The number of nitrogens with zero attached hydrogens (tertiary/aromatic N) is 1. The molecular weight excluding hydrogens is 405 g/mol. The van der Waals surface area contributed by atoms with Gasteiger partial charge in [-0.2, -0.15) is 0 Å². The first kappa shape index (κ1) is 22.0. The standard InChI is InChI=1S/C27H28FNO3/c28-23-7-3-6-22(19-23)27-25-8-2-1-5-21(25)15-17-29(27)16-4-18-32-24-12-9-20(10-13-24)11-14-26(30)31/h1-3,5-10,12-13,19,27H,4,11,14-18H2,(H,30,31). The van der Waals surface area contributed by atoms with Gasteiger partial charge in [0.05, 0.1) is 12.6 Å². The third-order valence-corrected chi connectivity index (χ3v) is 5.96. The largest absolute Gasteiger partial charge is 0.494 e. The van der Waals surface area contributed by atoms with Gasteiger partial charge in [0.15, 0.2) is 0 Å². The number of carbonyl (C=O) groups is 1. The fourth-order valence-corrected chi connectivity index (χ4v) is 4.39. The molecule has 0 amide bonds. The number of benzene rings is 3. The molecule has 0 saturated heterocycles. The van der Waals surface area contributed by atoms with Crippen molar-refractivity contribution in [3.05, 3.63) is 101 Å². The molecule has 1 aliphatic rings. The minimum Gasteiger partial charge on any atom is -0.494 e. The van der Waals surface area contributed by atoms with E-state index in [1.54, 1.807) is 12.1 Å². The summed E-state index contributed by atoms with van der Waals surface area (Å²) in [6, 6.07) is 23.0. The maximum Gasteiger partial charge on any atom is 0.303 e. The van der Waals surface area contributed by atoms with Gasteiger partial charge in [0, 0.05) is 19.5 Å². The van der Waals surface area contributed by atoms with Crippen molar-refractivity contribution >= 4 is 5.97 Å². The molecule has 3 aromatic carbocycles. The van der Waals surface area contributed by atoms with Crippen molar-refractivity contribution in [2.75, 3.05) is 19.7 Å². The van der Waals surface area contributed by atoms with Crippen molar-refractivity contribution in [2.24, 2.45) is 0 Å². The van der Waals surface area contributed by atoms with Gasteiger partial charge in [-0.15, -0.1) is 0 Å². The predicted molar refractivity (Wildman–Crippen MR) is 122 cm³/mol. The quantitative estimate of drug-likeness (QED) is 0.468. The average molecular weight is 434 g/mol. The molecule has 4 rings (SSSR count). The lowest BCUT2D eigenvalue weighted by molar-refractivity contribution is -0.136. The fourth-order valence-electron chi connectivity index (χ4n) is 4.39. The second-order valence-corrected chi connectivity index (χ2v) is 8.18.